The minimum absolute atomic E-state index is 0.108. The fourth-order valence-electron chi connectivity index (χ4n) is 4.95. The number of fused-ring (bicyclic) bond motifs is 3. The van der Waals surface area contributed by atoms with Crippen molar-refractivity contribution < 1.29 is 9.18 Å². The van der Waals surface area contributed by atoms with Gasteiger partial charge in [0.05, 0.1) is 5.52 Å². The third-order valence-electron chi connectivity index (χ3n) is 6.54. The molecule has 0 aliphatic carbocycles. The van der Waals surface area contributed by atoms with E-state index in [2.05, 4.69) is 32.4 Å². The van der Waals surface area contributed by atoms with Crippen LogP contribution >= 0.6 is 0 Å². The first kappa shape index (κ1) is 19.2. The molecule has 1 unspecified atom stereocenters. The molecule has 5 rings (SSSR count). The number of aromatic nitrogens is 2. The third-order valence-corrected chi connectivity index (χ3v) is 6.54. The molecule has 3 atom stereocenters. The second kappa shape index (κ2) is 7.81. The average molecular weight is 407 g/mol. The van der Waals surface area contributed by atoms with Gasteiger partial charge < -0.3 is 5.32 Å². The number of amides is 1. The summed E-state index contributed by atoms with van der Waals surface area (Å²) >= 11 is 0. The molecule has 2 N–H and O–H groups in total. The Bertz CT molecular complexity index is 1030. The third kappa shape index (κ3) is 3.70. The monoisotopic (exact) mass is 407 g/mol. The first-order chi connectivity index (χ1) is 14.6. The number of piperidine rings is 1. The normalized spacial score (nSPS) is 24.8. The number of nitrogens with one attached hydrogen (secondary N) is 2. The molecule has 3 heterocycles. The van der Waals surface area contributed by atoms with Crippen molar-refractivity contribution in [3.05, 3.63) is 65.6 Å². The Morgan fingerprint density at radius 3 is 2.57 bits per heavy atom. The molecule has 0 saturated carbocycles. The standard InChI is InChI=1S/C23H26FN5O/c1-28-18-10-17(25-23(30)22-20-4-2-3-5-21(20)26-27-22)11-19(28)14-29(13-18)12-15-6-8-16(24)9-7-15/h2-9,17-19H,10-14H2,1H3,(H,25,30)(H,26,27)/t17?,18-,19+. The number of carbonyl (C=O) groups excluding carboxylic acids is 1. The molecule has 2 bridgehead atoms. The van der Waals surface area contributed by atoms with Gasteiger partial charge in [0.2, 0.25) is 0 Å². The van der Waals surface area contributed by atoms with Crippen molar-refractivity contribution in [2.24, 2.45) is 0 Å². The number of para-hydroxylation sites is 1. The quantitative estimate of drug-likeness (QED) is 0.698. The van der Waals surface area contributed by atoms with Crippen LogP contribution in [0.3, 0.4) is 0 Å². The van der Waals surface area contributed by atoms with E-state index in [0.29, 0.717) is 17.8 Å². The zero-order valence-electron chi connectivity index (χ0n) is 17.0. The van der Waals surface area contributed by atoms with E-state index in [0.717, 1.165) is 48.9 Å². The first-order valence-electron chi connectivity index (χ1n) is 10.5. The lowest BCUT2D eigenvalue weighted by Gasteiger charge is -2.51. The van der Waals surface area contributed by atoms with Crippen LogP contribution in [0, 0.1) is 5.82 Å². The van der Waals surface area contributed by atoms with Crippen LogP contribution in [0.25, 0.3) is 10.9 Å². The number of likely N-dealkylation sites (tertiary alicyclic amines) is 1. The number of piperazine rings is 1. The van der Waals surface area contributed by atoms with Gasteiger partial charge in [-0.2, -0.15) is 5.10 Å². The Morgan fingerprint density at radius 1 is 1.13 bits per heavy atom. The smallest absolute Gasteiger partial charge is 0.272 e. The zero-order valence-corrected chi connectivity index (χ0v) is 17.0. The van der Waals surface area contributed by atoms with Gasteiger partial charge in [-0.25, -0.2) is 4.39 Å². The van der Waals surface area contributed by atoms with Crippen molar-refractivity contribution >= 4 is 16.8 Å². The number of nitrogens with zero attached hydrogens (tertiary/aromatic N) is 3. The van der Waals surface area contributed by atoms with E-state index in [1.165, 1.54) is 12.1 Å². The van der Waals surface area contributed by atoms with Crippen molar-refractivity contribution in [3.8, 4) is 0 Å². The van der Waals surface area contributed by atoms with Crippen LogP contribution in [-0.4, -0.2) is 64.2 Å². The van der Waals surface area contributed by atoms with Crippen molar-refractivity contribution in [2.75, 3.05) is 20.1 Å². The van der Waals surface area contributed by atoms with Gasteiger partial charge in [0.25, 0.3) is 5.91 Å². The molecule has 3 aromatic rings. The number of benzene rings is 2. The molecule has 6 nitrogen and oxygen atoms in total. The summed E-state index contributed by atoms with van der Waals surface area (Å²) in [6.45, 7) is 2.72. The summed E-state index contributed by atoms with van der Waals surface area (Å²) in [6.07, 6.45) is 1.84. The summed E-state index contributed by atoms with van der Waals surface area (Å²) in [6, 6.07) is 15.4. The van der Waals surface area contributed by atoms with Crippen LogP contribution in [-0.2, 0) is 6.54 Å². The Labute approximate surface area is 175 Å². The van der Waals surface area contributed by atoms with Crippen LogP contribution < -0.4 is 5.32 Å². The van der Waals surface area contributed by atoms with Gasteiger partial charge in [0.15, 0.2) is 5.69 Å². The Morgan fingerprint density at radius 2 is 1.83 bits per heavy atom. The fraction of sp³-hybridized carbons (Fsp3) is 0.391. The van der Waals surface area contributed by atoms with Crippen molar-refractivity contribution in [1.82, 2.24) is 25.3 Å². The summed E-state index contributed by atoms with van der Waals surface area (Å²) in [5.41, 5.74) is 2.47. The lowest BCUT2D eigenvalue weighted by atomic mass is 9.87. The molecular weight excluding hydrogens is 381 g/mol. The highest BCUT2D eigenvalue weighted by molar-refractivity contribution is 6.04. The first-order valence-corrected chi connectivity index (χ1v) is 10.5. The maximum atomic E-state index is 13.2. The molecular formula is C23H26FN5O. The molecule has 30 heavy (non-hydrogen) atoms. The second-order valence-corrected chi connectivity index (χ2v) is 8.55. The highest BCUT2D eigenvalue weighted by Gasteiger charge is 2.39. The topological polar surface area (TPSA) is 64.3 Å². The van der Waals surface area contributed by atoms with Gasteiger partial charge >= 0.3 is 0 Å². The highest BCUT2D eigenvalue weighted by atomic mass is 19.1. The molecule has 1 amide bonds. The Kier molecular flexibility index (Phi) is 5.00. The molecule has 2 saturated heterocycles. The van der Waals surface area contributed by atoms with Gasteiger partial charge in [-0.1, -0.05) is 30.3 Å². The van der Waals surface area contributed by atoms with Crippen molar-refractivity contribution in [1.29, 1.82) is 0 Å². The van der Waals surface area contributed by atoms with E-state index in [1.807, 2.05) is 36.4 Å². The van der Waals surface area contributed by atoms with Gasteiger partial charge in [-0.15, -0.1) is 0 Å². The lowest BCUT2D eigenvalue weighted by molar-refractivity contribution is -0.00512. The summed E-state index contributed by atoms with van der Waals surface area (Å²) in [5.74, 6) is -0.305. The molecule has 0 spiro atoms. The van der Waals surface area contributed by atoms with Crippen LogP contribution in [0.5, 0.6) is 0 Å². The molecule has 2 fully saturated rings. The maximum Gasteiger partial charge on any atom is 0.272 e. The van der Waals surface area contributed by atoms with E-state index in [4.69, 9.17) is 0 Å². The number of H-pyrrole nitrogens is 1. The summed E-state index contributed by atoms with van der Waals surface area (Å²) in [5, 5.41) is 11.2. The lowest BCUT2D eigenvalue weighted by Crippen LogP contribution is -2.63. The van der Waals surface area contributed by atoms with Gasteiger partial charge in [0, 0.05) is 43.1 Å². The largest absolute Gasteiger partial charge is 0.348 e. The predicted molar refractivity (Wildman–Crippen MR) is 114 cm³/mol. The number of hydrogen-bond acceptors (Lipinski definition) is 4. The highest BCUT2D eigenvalue weighted by Crippen LogP contribution is 2.29. The molecule has 0 radical (unpaired) electrons. The summed E-state index contributed by atoms with van der Waals surface area (Å²) < 4.78 is 13.2. The van der Waals surface area contributed by atoms with E-state index in [-0.39, 0.29) is 17.8 Å². The van der Waals surface area contributed by atoms with Crippen LogP contribution in [0.4, 0.5) is 4.39 Å². The molecule has 2 aliphatic heterocycles. The van der Waals surface area contributed by atoms with E-state index >= 15 is 0 Å². The molecule has 1 aromatic heterocycles. The molecule has 2 aromatic carbocycles. The SMILES string of the molecule is CN1[C@@H]2CC(NC(=O)c3n[nH]c4ccccc34)C[C@H]1CN(Cc1ccc(F)cc1)C2. The summed E-state index contributed by atoms with van der Waals surface area (Å²) in [4.78, 5) is 17.8. The number of carbonyl (C=O) groups is 1. The van der Waals surface area contributed by atoms with E-state index in [1.54, 1.807) is 0 Å². The van der Waals surface area contributed by atoms with E-state index < -0.39 is 0 Å². The van der Waals surface area contributed by atoms with Crippen molar-refractivity contribution in [2.45, 2.75) is 37.5 Å². The number of hydrogen-bond donors (Lipinski definition) is 2. The molecule has 156 valence electrons. The van der Waals surface area contributed by atoms with E-state index in [9.17, 15) is 9.18 Å². The fourth-order valence-corrected chi connectivity index (χ4v) is 4.95. The van der Waals surface area contributed by atoms with Crippen LogP contribution in [0.15, 0.2) is 48.5 Å². The Hall–Kier alpha value is -2.77. The number of aromatic amines is 1. The summed E-state index contributed by atoms with van der Waals surface area (Å²) in [7, 11) is 2.18. The van der Waals surface area contributed by atoms with Gasteiger partial charge in [0.1, 0.15) is 5.82 Å². The Balaban J connectivity index is 1.24. The number of likely N-dealkylation sites (N-methyl/N-ethyl adjacent to an activating group) is 1. The number of rotatable bonds is 4. The minimum atomic E-state index is -0.197. The maximum absolute atomic E-state index is 13.2. The number of halogens is 1. The van der Waals surface area contributed by atoms with Gasteiger partial charge in [-0.05, 0) is 43.7 Å². The predicted octanol–water partition coefficient (Wildman–Crippen LogP) is 2.78. The van der Waals surface area contributed by atoms with Crippen molar-refractivity contribution in [3.63, 3.8) is 0 Å². The zero-order chi connectivity index (χ0) is 20.7. The second-order valence-electron chi connectivity index (χ2n) is 8.55. The molecule has 7 heteroatoms. The minimum Gasteiger partial charge on any atom is -0.348 e. The molecule has 2 aliphatic rings. The van der Waals surface area contributed by atoms with Gasteiger partial charge in [-0.3, -0.25) is 19.7 Å². The van der Waals surface area contributed by atoms with Crippen LogP contribution in [0.2, 0.25) is 0 Å². The average Bonchev–Trinajstić information content (AvgIpc) is 3.15. The van der Waals surface area contributed by atoms with Crippen LogP contribution in [0.1, 0.15) is 28.9 Å².